The largest absolute Gasteiger partial charge is 0.508 e. The van der Waals surface area contributed by atoms with E-state index in [1.165, 1.54) is 7.11 Å². The maximum absolute atomic E-state index is 11.5. The van der Waals surface area contributed by atoms with E-state index in [2.05, 4.69) is 77.0 Å². The smallest absolute Gasteiger partial charge is 0.480 e. The summed E-state index contributed by atoms with van der Waals surface area (Å²) in [6.45, 7) is 23.1. The number of fused-ring (bicyclic) bond motifs is 3. The highest BCUT2D eigenvalue weighted by atomic mass is 127. The molecule has 0 heterocycles. The molecule has 0 radical (unpaired) electrons. The summed E-state index contributed by atoms with van der Waals surface area (Å²) >= 11 is 0. The molecule has 3 rings (SSSR count). The third kappa shape index (κ3) is 10.3. The van der Waals surface area contributed by atoms with E-state index in [0.717, 1.165) is 44.8 Å². The van der Waals surface area contributed by atoms with Crippen molar-refractivity contribution in [1.29, 1.82) is 0 Å². The van der Waals surface area contributed by atoms with Crippen LogP contribution in [0.25, 0.3) is 16.8 Å². The fraction of sp³-hybridized carbons (Fsp3) is 0.273. The molecule has 7 nitrogen and oxygen atoms in total. The van der Waals surface area contributed by atoms with Gasteiger partial charge in [-0.1, -0.05) is 62.2 Å². The minimum absolute atomic E-state index is 0. The highest BCUT2D eigenvalue weighted by molar-refractivity contribution is 14.0. The average Bonchev–Trinajstić information content (AvgIpc) is 3.29. The normalized spacial score (nSPS) is 13.1. The number of ether oxygens (including phenoxy) is 3. The van der Waals surface area contributed by atoms with Crippen molar-refractivity contribution in [2.45, 2.75) is 26.7 Å². The van der Waals surface area contributed by atoms with Crippen LogP contribution in [0.4, 0.5) is 4.79 Å². The molecule has 2 aromatic rings. The average molecular weight is 676 g/mol. The van der Waals surface area contributed by atoms with Crippen LogP contribution in [-0.4, -0.2) is 45.8 Å². The van der Waals surface area contributed by atoms with Crippen molar-refractivity contribution in [3.8, 4) is 11.1 Å². The fourth-order valence-electron chi connectivity index (χ4n) is 4.19. The number of carbonyl (C=O) groups is 1. The van der Waals surface area contributed by atoms with E-state index in [1.54, 1.807) is 18.4 Å². The number of nitrogens with zero attached hydrogens (tertiary/aromatic N) is 1. The van der Waals surface area contributed by atoms with Crippen molar-refractivity contribution >= 4 is 42.0 Å². The van der Waals surface area contributed by atoms with Crippen molar-refractivity contribution in [2.24, 2.45) is 4.99 Å². The number of hydrogen-bond acceptors (Lipinski definition) is 7. The van der Waals surface area contributed by atoms with E-state index >= 15 is 0 Å². The van der Waals surface area contributed by atoms with Gasteiger partial charge in [0.25, 0.3) is 0 Å². The molecule has 2 aromatic carbocycles. The van der Waals surface area contributed by atoms with Crippen molar-refractivity contribution in [3.05, 3.63) is 115 Å². The van der Waals surface area contributed by atoms with Crippen LogP contribution < -0.4 is 10.6 Å². The first-order chi connectivity index (χ1) is 19.3. The van der Waals surface area contributed by atoms with Gasteiger partial charge in [0.1, 0.15) is 6.61 Å². The number of rotatable bonds is 13. The molecule has 0 fully saturated rings. The Morgan fingerprint density at radius 2 is 1.71 bits per heavy atom. The Hall–Kier alpha value is -3.79. The minimum Gasteiger partial charge on any atom is -0.480 e. The maximum atomic E-state index is 11.5. The van der Waals surface area contributed by atoms with Crippen LogP contribution in [0.5, 0.6) is 0 Å². The van der Waals surface area contributed by atoms with E-state index < -0.39 is 6.16 Å². The van der Waals surface area contributed by atoms with Gasteiger partial charge >= 0.3 is 6.16 Å². The van der Waals surface area contributed by atoms with Gasteiger partial charge in [-0.2, -0.15) is 0 Å². The number of halogens is 1. The van der Waals surface area contributed by atoms with Gasteiger partial charge in [-0.15, -0.1) is 24.0 Å². The first-order valence-electron chi connectivity index (χ1n) is 13.2. The minimum atomic E-state index is -0.677. The maximum Gasteiger partial charge on any atom is 0.508 e. The van der Waals surface area contributed by atoms with E-state index in [-0.39, 0.29) is 39.4 Å². The van der Waals surface area contributed by atoms with Crippen LogP contribution in [-0.2, 0) is 14.2 Å². The zero-order valence-corrected chi connectivity index (χ0v) is 26.8. The van der Waals surface area contributed by atoms with Gasteiger partial charge in [-0.3, -0.25) is 4.99 Å². The van der Waals surface area contributed by atoms with Gasteiger partial charge in [0.15, 0.2) is 5.88 Å². The first-order valence-corrected chi connectivity index (χ1v) is 13.2. The molecule has 41 heavy (non-hydrogen) atoms. The second kappa shape index (κ2) is 18.5. The Labute approximate surface area is 264 Å². The third-order valence-corrected chi connectivity index (χ3v) is 6.21. The summed E-state index contributed by atoms with van der Waals surface area (Å²) in [4.78, 5) is 15.6. The summed E-state index contributed by atoms with van der Waals surface area (Å²) in [5, 5.41) is 6.43. The second-order valence-corrected chi connectivity index (χ2v) is 8.76. The molecule has 0 aliphatic heterocycles. The molecule has 8 heteroatoms. The molecule has 224 valence electrons. The van der Waals surface area contributed by atoms with Gasteiger partial charge in [0.2, 0.25) is 0 Å². The number of benzene rings is 2. The number of nitrogens with one attached hydrogen (secondary N) is 2. The number of carbonyl (C=O) groups excluding carboxylic acids is 1. The molecule has 1 atom stereocenters. The van der Waals surface area contributed by atoms with Gasteiger partial charge in [-0.25, -0.2) is 4.79 Å². The zero-order chi connectivity index (χ0) is 29.5. The van der Waals surface area contributed by atoms with Gasteiger partial charge in [0, 0.05) is 33.8 Å². The van der Waals surface area contributed by atoms with Crippen LogP contribution in [0.15, 0.2) is 103 Å². The highest BCUT2D eigenvalue weighted by Gasteiger charge is 2.30. The third-order valence-electron chi connectivity index (χ3n) is 6.21. The van der Waals surface area contributed by atoms with Crippen molar-refractivity contribution in [2.75, 3.05) is 33.4 Å². The van der Waals surface area contributed by atoms with Crippen LogP contribution in [0.2, 0.25) is 0 Å². The molecule has 0 spiro atoms. The lowest BCUT2D eigenvalue weighted by Gasteiger charge is -2.16. The summed E-state index contributed by atoms with van der Waals surface area (Å²) < 4.78 is 15.2. The molecular formula is C33H46IN3O4. The molecule has 0 saturated carbocycles. The number of allylic oxidation sites excluding steroid dienone is 3. The number of hydrogen-bond donors (Lipinski definition) is 2. The Kier molecular flexibility index (Phi) is 15.9. The predicted octanol–water partition coefficient (Wildman–Crippen LogP) is 8.07. The quantitative estimate of drug-likeness (QED) is 0.0559. The predicted molar refractivity (Wildman–Crippen MR) is 185 cm³/mol. The molecule has 1 unspecified atom stereocenters. The van der Waals surface area contributed by atoms with Crippen LogP contribution in [0.3, 0.4) is 0 Å². The van der Waals surface area contributed by atoms with Crippen molar-refractivity contribution < 1.29 is 21.9 Å². The monoisotopic (exact) mass is 675 g/mol. The summed E-state index contributed by atoms with van der Waals surface area (Å²) in [5.74, 6) is 0.521. The lowest BCUT2D eigenvalue weighted by Crippen LogP contribution is -2.26. The highest BCUT2D eigenvalue weighted by Crippen LogP contribution is 2.45. The van der Waals surface area contributed by atoms with E-state index in [9.17, 15) is 4.79 Å². The molecule has 1 aliphatic carbocycles. The Balaban J connectivity index is 0. The summed E-state index contributed by atoms with van der Waals surface area (Å²) in [5.41, 5.74) is 8.32. The first kappa shape index (κ1) is 35.2. The molecule has 0 aromatic heterocycles. The molecular weight excluding hydrogens is 629 g/mol. The molecule has 0 amide bonds. The number of methoxy groups -OCH3 is 1. The zero-order valence-electron chi connectivity index (χ0n) is 24.5. The Morgan fingerprint density at radius 3 is 2.34 bits per heavy atom. The second-order valence-electron chi connectivity index (χ2n) is 8.76. The Morgan fingerprint density at radius 1 is 1.02 bits per heavy atom. The fourth-order valence-corrected chi connectivity index (χ4v) is 4.19. The van der Waals surface area contributed by atoms with Crippen molar-refractivity contribution in [1.82, 2.24) is 10.6 Å². The van der Waals surface area contributed by atoms with Crippen LogP contribution in [0.1, 0.15) is 46.2 Å². The van der Waals surface area contributed by atoms with Gasteiger partial charge in [0.05, 0.1) is 19.4 Å². The van der Waals surface area contributed by atoms with E-state index in [4.69, 9.17) is 9.47 Å². The van der Waals surface area contributed by atoms with Gasteiger partial charge < -0.3 is 24.8 Å². The van der Waals surface area contributed by atoms with Crippen molar-refractivity contribution in [3.63, 3.8) is 0 Å². The Bertz CT molecular complexity index is 1290. The molecule has 2 N–H and O–H groups in total. The lowest BCUT2D eigenvalue weighted by atomic mass is 9.96. The molecule has 1 aliphatic rings. The molecule has 0 bridgehead atoms. The van der Waals surface area contributed by atoms with E-state index in [1.807, 2.05) is 32.9 Å². The molecule has 0 saturated heterocycles. The lowest BCUT2D eigenvalue weighted by molar-refractivity contribution is 0.0705. The number of aliphatic imine (C=N–C) groups is 1. The summed E-state index contributed by atoms with van der Waals surface area (Å²) in [6.07, 6.45) is 4.55. The van der Waals surface area contributed by atoms with Gasteiger partial charge in [-0.05, 0) is 72.9 Å². The summed E-state index contributed by atoms with van der Waals surface area (Å²) in [6, 6.07) is 14.5. The standard InChI is InChI=1S/C24H28N2O4.C9H13N.HI.2H2/c1-5-29-17(3)26-13-12-25-16(2)18-10-11-21-19-8-6-7-9-20(19)23(22(21)14-18)15-30-24(27)28-4;1-5-8(4)9(6-2)10-7-3;;;/h6-11,14,23,25-26H,2-3,5,12-13,15H2,1,4H3;5-7H,1-2H2,3-4H3;3*1H/b;9-8+,10-7?;;;. The van der Waals surface area contributed by atoms with Crippen LogP contribution in [0, 0.1) is 0 Å². The topological polar surface area (TPSA) is 81.2 Å². The van der Waals surface area contributed by atoms with E-state index in [0.29, 0.717) is 25.6 Å². The van der Waals surface area contributed by atoms with Crippen LogP contribution >= 0.6 is 24.0 Å². The SMILES string of the molecule is C=C(NCCNC(=C)c1ccc2c(c1)C(COC(=O)OC)c1ccccc1-2)OCC.C=C/C(C)=C(\C=C)N=CC.I.[HH].[HH]. The summed E-state index contributed by atoms with van der Waals surface area (Å²) in [7, 11) is 1.31.